The van der Waals surface area contributed by atoms with E-state index in [0.717, 1.165) is 35.6 Å². The van der Waals surface area contributed by atoms with Gasteiger partial charge < -0.3 is 0 Å². The molecule has 0 saturated heterocycles. The number of hydrogen-bond donors (Lipinski definition) is 0. The van der Waals surface area contributed by atoms with Crippen LogP contribution >= 0.6 is 0 Å². The summed E-state index contributed by atoms with van der Waals surface area (Å²) in [7, 11) is -3.91. The van der Waals surface area contributed by atoms with Crippen LogP contribution in [0.15, 0.2) is 54.6 Å². The molecule has 1 heterocycles. The van der Waals surface area contributed by atoms with Crippen LogP contribution in [0.2, 0.25) is 0 Å². The molecular formula is C21H24N2O3S. The molecule has 0 bridgehead atoms. The van der Waals surface area contributed by atoms with Crippen molar-refractivity contribution in [2.45, 2.75) is 38.6 Å². The van der Waals surface area contributed by atoms with E-state index in [9.17, 15) is 13.2 Å². The summed E-state index contributed by atoms with van der Waals surface area (Å²) in [6.07, 6.45) is 5.60. The molecule has 0 spiro atoms. The Bertz CT molecular complexity index is 921. The quantitative estimate of drug-likeness (QED) is 0.801. The van der Waals surface area contributed by atoms with Gasteiger partial charge in [-0.3, -0.25) is 9.10 Å². The third kappa shape index (κ3) is 3.46. The van der Waals surface area contributed by atoms with E-state index in [-0.39, 0.29) is 6.54 Å². The summed E-state index contributed by atoms with van der Waals surface area (Å²) in [5, 5.41) is 0. The zero-order valence-corrected chi connectivity index (χ0v) is 16.1. The molecule has 0 atom stereocenters. The Kier molecular flexibility index (Phi) is 4.91. The van der Waals surface area contributed by atoms with Gasteiger partial charge in [0.05, 0.1) is 17.8 Å². The van der Waals surface area contributed by atoms with Crippen LogP contribution < -0.4 is 4.31 Å². The minimum absolute atomic E-state index is 0.0531. The van der Waals surface area contributed by atoms with Crippen LogP contribution in [0.4, 0.5) is 5.69 Å². The van der Waals surface area contributed by atoms with E-state index < -0.39 is 16.1 Å². The maximum absolute atomic E-state index is 13.4. The first-order valence-corrected chi connectivity index (χ1v) is 10.9. The Labute approximate surface area is 160 Å². The number of carbonyl (C=O) groups is 1. The standard InChI is InChI=1S/C21H24N2O3S/c24-21-19-13-7-8-14-20(19)22(15-17-9-3-1-4-10-17)27(25,26)23(21)16-18-11-5-2-6-12-18/h2,5-8,11-14,17H,1,3-4,9-10,15-16H2. The van der Waals surface area contributed by atoms with Gasteiger partial charge in [0.25, 0.3) is 5.91 Å². The predicted molar refractivity (Wildman–Crippen MR) is 106 cm³/mol. The molecule has 0 N–H and O–H groups in total. The molecule has 1 amide bonds. The fourth-order valence-corrected chi connectivity index (χ4v) is 5.72. The van der Waals surface area contributed by atoms with Crippen LogP contribution in [0.5, 0.6) is 0 Å². The van der Waals surface area contributed by atoms with Gasteiger partial charge in [-0.25, -0.2) is 4.31 Å². The molecule has 2 aliphatic rings. The molecule has 2 aromatic carbocycles. The molecule has 0 aromatic heterocycles. The van der Waals surface area contributed by atoms with Gasteiger partial charge in [-0.1, -0.05) is 61.7 Å². The lowest BCUT2D eigenvalue weighted by Crippen LogP contribution is -2.52. The van der Waals surface area contributed by atoms with Gasteiger partial charge in [0.2, 0.25) is 0 Å². The van der Waals surface area contributed by atoms with E-state index in [1.165, 1.54) is 10.7 Å². The van der Waals surface area contributed by atoms with Gasteiger partial charge in [0, 0.05) is 6.54 Å². The molecule has 142 valence electrons. The second-order valence-electron chi connectivity index (χ2n) is 7.36. The summed E-state index contributed by atoms with van der Waals surface area (Å²) >= 11 is 0. The topological polar surface area (TPSA) is 57.7 Å². The molecule has 1 aliphatic heterocycles. The normalized spacial score (nSPS) is 19.8. The van der Waals surface area contributed by atoms with Crippen molar-refractivity contribution in [2.24, 2.45) is 5.92 Å². The molecule has 1 aliphatic carbocycles. The molecule has 0 unspecified atom stereocenters. The number of nitrogens with zero attached hydrogens (tertiary/aromatic N) is 2. The zero-order valence-electron chi connectivity index (χ0n) is 15.3. The summed E-state index contributed by atoms with van der Waals surface area (Å²) in [6, 6.07) is 16.3. The Balaban J connectivity index is 1.72. The third-order valence-electron chi connectivity index (χ3n) is 5.50. The lowest BCUT2D eigenvalue weighted by atomic mass is 9.89. The molecule has 4 rings (SSSR count). The number of rotatable bonds is 4. The van der Waals surface area contributed by atoms with E-state index >= 15 is 0 Å². The van der Waals surface area contributed by atoms with Gasteiger partial charge in [0.15, 0.2) is 0 Å². The second kappa shape index (κ2) is 7.35. The number of carbonyl (C=O) groups excluding carboxylic acids is 1. The van der Waals surface area contributed by atoms with E-state index in [0.29, 0.717) is 23.7 Å². The van der Waals surface area contributed by atoms with Crippen LogP contribution in [-0.2, 0) is 16.8 Å². The molecule has 27 heavy (non-hydrogen) atoms. The highest BCUT2D eigenvalue weighted by Gasteiger charge is 2.42. The van der Waals surface area contributed by atoms with Crippen molar-refractivity contribution in [1.82, 2.24) is 4.31 Å². The minimum atomic E-state index is -3.91. The lowest BCUT2D eigenvalue weighted by Gasteiger charge is -2.39. The number of anilines is 1. The highest BCUT2D eigenvalue weighted by molar-refractivity contribution is 7.91. The third-order valence-corrected chi connectivity index (χ3v) is 7.26. The van der Waals surface area contributed by atoms with Crippen LogP contribution in [0, 0.1) is 5.92 Å². The molecule has 6 heteroatoms. The van der Waals surface area contributed by atoms with Crippen molar-refractivity contribution in [3.63, 3.8) is 0 Å². The molecule has 5 nitrogen and oxygen atoms in total. The van der Waals surface area contributed by atoms with Crippen molar-refractivity contribution < 1.29 is 13.2 Å². The summed E-state index contributed by atoms with van der Waals surface area (Å²) in [6.45, 7) is 0.495. The van der Waals surface area contributed by atoms with Crippen LogP contribution in [0.25, 0.3) is 0 Å². The van der Waals surface area contributed by atoms with Crippen LogP contribution in [0.1, 0.15) is 48.0 Å². The Morgan fingerprint density at radius 2 is 1.52 bits per heavy atom. The molecule has 2 aromatic rings. The number of hydrogen-bond acceptors (Lipinski definition) is 3. The maximum atomic E-state index is 13.4. The SMILES string of the molecule is O=C1c2ccccc2N(CC2CCCCC2)S(=O)(=O)N1Cc1ccccc1. The second-order valence-corrected chi connectivity index (χ2v) is 9.13. The van der Waals surface area contributed by atoms with Crippen molar-refractivity contribution >= 4 is 21.8 Å². The molecule has 1 saturated carbocycles. The lowest BCUT2D eigenvalue weighted by molar-refractivity contribution is 0.0850. The number of amides is 1. The molecular weight excluding hydrogens is 360 g/mol. The number of para-hydroxylation sites is 1. The van der Waals surface area contributed by atoms with Crippen molar-refractivity contribution in [1.29, 1.82) is 0 Å². The number of fused-ring (bicyclic) bond motifs is 1. The highest BCUT2D eigenvalue weighted by atomic mass is 32.2. The van der Waals surface area contributed by atoms with E-state index in [4.69, 9.17) is 0 Å². The first-order valence-electron chi connectivity index (χ1n) is 9.55. The summed E-state index contributed by atoms with van der Waals surface area (Å²) in [5.74, 6) is -0.109. The van der Waals surface area contributed by atoms with Crippen LogP contribution in [-0.4, -0.2) is 25.2 Å². The van der Waals surface area contributed by atoms with Crippen molar-refractivity contribution in [3.8, 4) is 0 Å². The van der Waals surface area contributed by atoms with Gasteiger partial charge >= 0.3 is 10.2 Å². The first kappa shape index (κ1) is 18.0. The number of benzene rings is 2. The monoisotopic (exact) mass is 384 g/mol. The smallest absolute Gasteiger partial charge is 0.268 e. The van der Waals surface area contributed by atoms with Gasteiger partial charge in [-0.15, -0.1) is 0 Å². The summed E-state index contributed by atoms with van der Waals surface area (Å²) in [5.41, 5.74) is 1.77. The Morgan fingerprint density at radius 3 is 2.26 bits per heavy atom. The summed E-state index contributed by atoms with van der Waals surface area (Å²) < 4.78 is 29.3. The average Bonchev–Trinajstić information content (AvgIpc) is 2.70. The van der Waals surface area contributed by atoms with Crippen molar-refractivity contribution in [3.05, 3.63) is 65.7 Å². The Morgan fingerprint density at radius 1 is 0.852 bits per heavy atom. The first-order chi connectivity index (χ1) is 13.1. The predicted octanol–water partition coefficient (Wildman–Crippen LogP) is 3.97. The van der Waals surface area contributed by atoms with Gasteiger partial charge in [-0.05, 0) is 36.5 Å². The average molecular weight is 385 g/mol. The zero-order chi connectivity index (χ0) is 18.9. The Hall–Kier alpha value is -2.34. The van der Waals surface area contributed by atoms with Gasteiger partial charge in [-0.2, -0.15) is 8.42 Å². The van der Waals surface area contributed by atoms with E-state index in [1.54, 1.807) is 24.3 Å². The van der Waals surface area contributed by atoms with E-state index in [1.807, 2.05) is 30.3 Å². The van der Waals surface area contributed by atoms with E-state index in [2.05, 4.69) is 0 Å². The van der Waals surface area contributed by atoms with Crippen LogP contribution in [0.3, 0.4) is 0 Å². The molecule has 0 radical (unpaired) electrons. The fraction of sp³-hybridized carbons (Fsp3) is 0.381. The van der Waals surface area contributed by atoms with Crippen molar-refractivity contribution in [2.75, 3.05) is 10.8 Å². The highest BCUT2D eigenvalue weighted by Crippen LogP contribution is 2.35. The minimum Gasteiger partial charge on any atom is -0.268 e. The van der Waals surface area contributed by atoms with Gasteiger partial charge in [0.1, 0.15) is 0 Å². The maximum Gasteiger partial charge on any atom is 0.329 e. The molecule has 1 fully saturated rings. The fourth-order valence-electron chi connectivity index (χ4n) is 4.05. The largest absolute Gasteiger partial charge is 0.329 e. The summed E-state index contributed by atoms with van der Waals surface area (Å²) in [4.78, 5) is 13.0.